The number of nitrogens with two attached hydrogens (primary N) is 1. The van der Waals surface area contributed by atoms with E-state index < -0.39 is 0 Å². The summed E-state index contributed by atoms with van der Waals surface area (Å²) in [4.78, 5) is 15.0. The molecule has 1 unspecified atom stereocenters. The molecule has 3 atom stereocenters. The fourth-order valence-electron chi connectivity index (χ4n) is 3.96. The van der Waals surface area contributed by atoms with Crippen molar-refractivity contribution >= 4 is 29.9 Å². The lowest BCUT2D eigenvalue weighted by Gasteiger charge is -2.30. The molecule has 3 rings (SSSR count). The van der Waals surface area contributed by atoms with Crippen molar-refractivity contribution in [2.45, 2.75) is 38.1 Å². The van der Waals surface area contributed by atoms with Crippen LogP contribution in [0.5, 0.6) is 0 Å². The summed E-state index contributed by atoms with van der Waals surface area (Å²) < 4.78 is 0. The van der Waals surface area contributed by atoms with Crippen LogP contribution in [-0.4, -0.2) is 23.9 Å². The Morgan fingerprint density at radius 3 is 2.73 bits per heavy atom. The van der Waals surface area contributed by atoms with E-state index in [-0.39, 0.29) is 24.4 Å². The molecule has 2 fully saturated rings. The third-order valence-electron chi connectivity index (χ3n) is 5.08. The summed E-state index contributed by atoms with van der Waals surface area (Å²) in [7, 11) is 0. The number of rotatable bonds is 3. The van der Waals surface area contributed by atoms with Gasteiger partial charge in [-0.2, -0.15) is 0 Å². The van der Waals surface area contributed by atoms with Crippen molar-refractivity contribution in [3.63, 3.8) is 0 Å². The Bertz CT molecular complexity index is 523. The number of carbonyl (C=O) groups is 1. The molecule has 1 aliphatic carbocycles. The summed E-state index contributed by atoms with van der Waals surface area (Å²) >= 11 is 6.33. The van der Waals surface area contributed by atoms with Gasteiger partial charge in [-0.1, -0.05) is 36.2 Å². The van der Waals surface area contributed by atoms with Crippen LogP contribution in [0.4, 0.5) is 0 Å². The Morgan fingerprint density at radius 2 is 2.00 bits per heavy atom. The molecule has 0 aromatic heterocycles. The predicted molar refractivity (Wildman–Crippen MR) is 92.3 cm³/mol. The van der Waals surface area contributed by atoms with Crippen LogP contribution in [0, 0.1) is 11.8 Å². The van der Waals surface area contributed by atoms with Gasteiger partial charge in [0.05, 0.1) is 6.04 Å². The van der Waals surface area contributed by atoms with Crippen LogP contribution in [0.1, 0.15) is 43.7 Å². The largest absolute Gasteiger partial charge is 0.335 e. The molecule has 5 heteroatoms. The van der Waals surface area contributed by atoms with Crippen LogP contribution in [-0.2, 0) is 4.79 Å². The van der Waals surface area contributed by atoms with Crippen molar-refractivity contribution in [2.75, 3.05) is 13.1 Å². The Morgan fingerprint density at radius 1 is 1.23 bits per heavy atom. The van der Waals surface area contributed by atoms with Crippen LogP contribution in [0.15, 0.2) is 24.3 Å². The first-order chi connectivity index (χ1) is 10.2. The molecule has 22 heavy (non-hydrogen) atoms. The molecule has 1 saturated heterocycles. The lowest BCUT2D eigenvalue weighted by Crippen LogP contribution is -2.38. The first-order valence-corrected chi connectivity index (χ1v) is 8.35. The van der Waals surface area contributed by atoms with Crippen molar-refractivity contribution in [1.29, 1.82) is 0 Å². The van der Waals surface area contributed by atoms with Gasteiger partial charge in [-0.3, -0.25) is 4.79 Å². The molecule has 122 valence electrons. The Labute approximate surface area is 143 Å². The predicted octanol–water partition coefficient (Wildman–Crippen LogP) is 3.80. The van der Waals surface area contributed by atoms with Gasteiger partial charge >= 0.3 is 0 Å². The number of halogens is 2. The molecular formula is C17H24Cl2N2O. The van der Waals surface area contributed by atoms with E-state index in [2.05, 4.69) is 4.90 Å². The molecule has 1 aromatic carbocycles. The van der Waals surface area contributed by atoms with Crippen molar-refractivity contribution in [3.05, 3.63) is 34.9 Å². The zero-order chi connectivity index (χ0) is 14.8. The molecule has 2 N–H and O–H groups in total. The van der Waals surface area contributed by atoms with Crippen LogP contribution < -0.4 is 5.73 Å². The highest BCUT2D eigenvalue weighted by Crippen LogP contribution is 2.40. The van der Waals surface area contributed by atoms with E-state index >= 15 is 0 Å². The number of hydrogen-bond donors (Lipinski definition) is 1. The maximum Gasteiger partial charge on any atom is 0.226 e. The van der Waals surface area contributed by atoms with Crippen molar-refractivity contribution < 1.29 is 4.79 Å². The lowest BCUT2D eigenvalue weighted by molar-refractivity contribution is -0.137. The van der Waals surface area contributed by atoms with E-state index in [1.54, 1.807) is 0 Å². The van der Waals surface area contributed by atoms with Crippen molar-refractivity contribution in [2.24, 2.45) is 17.6 Å². The van der Waals surface area contributed by atoms with E-state index in [9.17, 15) is 4.79 Å². The SMILES string of the molecule is Cl.NC[C@H]1CCC[C@H]1C(=O)N1CCCC1c1ccccc1Cl. The van der Waals surface area contributed by atoms with Crippen molar-refractivity contribution in [3.8, 4) is 0 Å². The number of amides is 1. The highest BCUT2D eigenvalue weighted by atomic mass is 35.5. The smallest absolute Gasteiger partial charge is 0.226 e. The Hall–Kier alpha value is -0.770. The number of carbonyl (C=O) groups excluding carboxylic acids is 1. The second-order valence-corrected chi connectivity index (χ2v) is 6.65. The van der Waals surface area contributed by atoms with Crippen LogP contribution in [0.25, 0.3) is 0 Å². The summed E-state index contributed by atoms with van der Waals surface area (Å²) in [6.45, 7) is 1.48. The molecule has 1 heterocycles. The summed E-state index contributed by atoms with van der Waals surface area (Å²) in [5.74, 6) is 0.786. The van der Waals surface area contributed by atoms with E-state index in [1.807, 2.05) is 24.3 Å². The average molecular weight is 343 g/mol. The summed E-state index contributed by atoms with van der Waals surface area (Å²) in [5, 5.41) is 0.768. The van der Waals surface area contributed by atoms with Gasteiger partial charge in [0.25, 0.3) is 0 Å². The summed E-state index contributed by atoms with van der Waals surface area (Å²) in [6, 6.07) is 8.05. The number of likely N-dealkylation sites (tertiary alicyclic amines) is 1. The quantitative estimate of drug-likeness (QED) is 0.907. The maximum absolute atomic E-state index is 12.9. The fraction of sp³-hybridized carbons (Fsp3) is 0.588. The van der Waals surface area contributed by atoms with Gasteiger partial charge in [-0.05, 0) is 49.8 Å². The van der Waals surface area contributed by atoms with Crippen LogP contribution >= 0.6 is 24.0 Å². The fourth-order valence-corrected chi connectivity index (χ4v) is 4.22. The van der Waals surface area contributed by atoms with Crippen LogP contribution in [0.2, 0.25) is 5.02 Å². The van der Waals surface area contributed by atoms with E-state index in [0.29, 0.717) is 18.4 Å². The average Bonchev–Trinajstić information content (AvgIpc) is 3.16. The second kappa shape index (κ2) is 7.67. The minimum atomic E-state index is 0. The van der Waals surface area contributed by atoms with Crippen molar-refractivity contribution in [1.82, 2.24) is 4.90 Å². The van der Waals surface area contributed by atoms with Gasteiger partial charge in [-0.25, -0.2) is 0 Å². The Kier molecular flexibility index (Phi) is 6.13. The summed E-state index contributed by atoms with van der Waals surface area (Å²) in [6.07, 6.45) is 5.28. The minimum absolute atomic E-state index is 0. The monoisotopic (exact) mass is 342 g/mol. The molecule has 0 spiro atoms. The summed E-state index contributed by atoms with van der Waals surface area (Å²) in [5.41, 5.74) is 6.93. The molecule has 1 aliphatic heterocycles. The second-order valence-electron chi connectivity index (χ2n) is 6.24. The normalized spacial score (nSPS) is 27.7. The van der Waals surface area contributed by atoms with Gasteiger partial charge < -0.3 is 10.6 Å². The number of hydrogen-bond acceptors (Lipinski definition) is 2. The third-order valence-corrected chi connectivity index (χ3v) is 5.42. The van der Waals surface area contributed by atoms with Gasteiger partial charge in [0, 0.05) is 17.5 Å². The maximum atomic E-state index is 12.9. The number of nitrogens with zero attached hydrogens (tertiary/aromatic N) is 1. The minimum Gasteiger partial charge on any atom is -0.335 e. The molecule has 2 aliphatic rings. The molecule has 3 nitrogen and oxygen atoms in total. The van der Waals surface area contributed by atoms with Gasteiger partial charge in [0.2, 0.25) is 5.91 Å². The molecule has 0 bridgehead atoms. The van der Waals surface area contributed by atoms with Crippen LogP contribution in [0.3, 0.4) is 0 Å². The molecule has 0 radical (unpaired) electrons. The Balaban J connectivity index is 0.00000176. The number of benzene rings is 1. The van der Waals surface area contributed by atoms with E-state index in [0.717, 1.165) is 49.2 Å². The standard InChI is InChI=1S/C17H23ClN2O.ClH/c18-15-8-2-1-6-14(15)16-9-4-10-20(16)17(21)13-7-3-5-12(13)11-19;/h1-2,6,8,12-13,16H,3-5,7,9-11,19H2;1H/t12-,13-,16?;/m1./s1. The molecule has 1 saturated carbocycles. The van der Waals surface area contributed by atoms with Gasteiger partial charge in [0.15, 0.2) is 0 Å². The highest BCUT2D eigenvalue weighted by molar-refractivity contribution is 6.31. The molecule has 1 aromatic rings. The van der Waals surface area contributed by atoms with Gasteiger partial charge in [-0.15, -0.1) is 12.4 Å². The highest BCUT2D eigenvalue weighted by Gasteiger charge is 2.39. The zero-order valence-electron chi connectivity index (χ0n) is 12.7. The van der Waals surface area contributed by atoms with E-state index in [4.69, 9.17) is 17.3 Å². The van der Waals surface area contributed by atoms with Gasteiger partial charge in [0.1, 0.15) is 0 Å². The molecule has 1 amide bonds. The first kappa shape index (κ1) is 17.6. The first-order valence-electron chi connectivity index (χ1n) is 7.97. The molecular weight excluding hydrogens is 319 g/mol. The zero-order valence-corrected chi connectivity index (χ0v) is 14.3. The topological polar surface area (TPSA) is 46.3 Å². The van der Waals surface area contributed by atoms with E-state index in [1.165, 1.54) is 0 Å². The lowest BCUT2D eigenvalue weighted by atomic mass is 9.94. The third kappa shape index (κ3) is 3.27.